The predicted octanol–water partition coefficient (Wildman–Crippen LogP) is 2.84. The van der Waals surface area contributed by atoms with E-state index in [2.05, 4.69) is 15.6 Å². The summed E-state index contributed by atoms with van der Waals surface area (Å²) >= 11 is 6.11. The Morgan fingerprint density at radius 3 is 2.57 bits per heavy atom. The van der Waals surface area contributed by atoms with Crippen LogP contribution in [0.1, 0.15) is 16.7 Å². The van der Waals surface area contributed by atoms with Crippen LogP contribution in [-0.4, -0.2) is 18.1 Å². The standard InChI is InChI=1S/C17H19ClFN3O/c1-20-17(22-10-13-4-2-3-5-15(13)18)21-9-12-6-7-16(19)14(8-12)11-23/h2-8,23H,9-11H2,1H3,(H2,20,21,22). The monoisotopic (exact) mass is 335 g/mol. The van der Waals surface area contributed by atoms with E-state index >= 15 is 0 Å². The molecule has 0 bridgehead atoms. The lowest BCUT2D eigenvalue weighted by Gasteiger charge is -2.13. The molecule has 0 unspecified atom stereocenters. The Kier molecular flexibility index (Phi) is 6.38. The zero-order valence-electron chi connectivity index (χ0n) is 12.8. The molecule has 0 aliphatic carbocycles. The zero-order valence-corrected chi connectivity index (χ0v) is 13.6. The van der Waals surface area contributed by atoms with Gasteiger partial charge in [-0.05, 0) is 29.3 Å². The third-order valence-corrected chi connectivity index (χ3v) is 3.74. The molecule has 2 rings (SSSR count). The normalized spacial score (nSPS) is 11.4. The van der Waals surface area contributed by atoms with E-state index in [1.165, 1.54) is 6.07 Å². The van der Waals surface area contributed by atoms with Gasteiger partial charge in [-0.1, -0.05) is 35.9 Å². The number of benzene rings is 2. The van der Waals surface area contributed by atoms with Crippen molar-refractivity contribution in [3.63, 3.8) is 0 Å². The first-order chi connectivity index (χ1) is 11.1. The molecule has 0 saturated carbocycles. The summed E-state index contributed by atoms with van der Waals surface area (Å²) in [5.74, 6) is 0.206. The lowest BCUT2D eigenvalue weighted by Crippen LogP contribution is -2.36. The number of hydrogen-bond acceptors (Lipinski definition) is 2. The first-order valence-electron chi connectivity index (χ1n) is 7.20. The predicted molar refractivity (Wildman–Crippen MR) is 90.8 cm³/mol. The molecule has 0 amide bonds. The molecule has 0 aromatic heterocycles. The Balaban J connectivity index is 1.92. The molecular weight excluding hydrogens is 317 g/mol. The molecule has 0 atom stereocenters. The lowest BCUT2D eigenvalue weighted by molar-refractivity contribution is 0.275. The van der Waals surface area contributed by atoms with Crippen LogP contribution < -0.4 is 10.6 Å². The van der Waals surface area contributed by atoms with Crippen LogP contribution in [0.5, 0.6) is 0 Å². The van der Waals surface area contributed by atoms with Crippen LogP contribution >= 0.6 is 11.6 Å². The van der Waals surface area contributed by atoms with E-state index in [0.29, 0.717) is 24.1 Å². The van der Waals surface area contributed by atoms with Crippen LogP contribution in [0.25, 0.3) is 0 Å². The molecule has 2 aromatic carbocycles. The largest absolute Gasteiger partial charge is 0.392 e. The van der Waals surface area contributed by atoms with Gasteiger partial charge in [-0.2, -0.15) is 0 Å². The summed E-state index contributed by atoms with van der Waals surface area (Å²) in [5, 5.41) is 16.1. The Morgan fingerprint density at radius 2 is 1.87 bits per heavy atom. The van der Waals surface area contributed by atoms with Gasteiger partial charge >= 0.3 is 0 Å². The fourth-order valence-corrected chi connectivity index (χ4v) is 2.29. The van der Waals surface area contributed by atoms with Crippen molar-refractivity contribution >= 4 is 17.6 Å². The number of aliphatic hydroxyl groups is 1. The number of hydrogen-bond donors (Lipinski definition) is 3. The molecular formula is C17H19ClFN3O. The lowest BCUT2D eigenvalue weighted by atomic mass is 10.1. The average molecular weight is 336 g/mol. The first kappa shape index (κ1) is 17.2. The van der Waals surface area contributed by atoms with E-state index in [1.807, 2.05) is 24.3 Å². The van der Waals surface area contributed by atoms with Crippen molar-refractivity contribution < 1.29 is 9.50 Å². The van der Waals surface area contributed by atoms with Crippen LogP contribution in [0.4, 0.5) is 4.39 Å². The van der Waals surface area contributed by atoms with E-state index in [1.54, 1.807) is 19.2 Å². The third-order valence-electron chi connectivity index (χ3n) is 3.37. The summed E-state index contributed by atoms with van der Waals surface area (Å²) in [4.78, 5) is 4.14. The summed E-state index contributed by atoms with van der Waals surface area (Å²) in [5.41, 5.74) is 2.11. The van der Waals surface area contributed by atoms with Gasteiger partial charge in [0.25, 0.3) is 0 Å². The van der Waals surface area contributed by atoms with E-state index in [-0.39, 0.29) is 12.2 Å². The Bertz CT molecular complexity index is 691. The average Bonchev–Trinajstić information content (AvgIpc) is 2.57. The van der Waals surface area contributed by atoms with Gasteiger partial charge < -0.3 is 15.7 Å². The van der Waals surface area contributed by atoms with Gasteiger partial charge in [0.2, 0.25) is 0 Å². The second kappa shape index (κ2) is 8.50. The molecule has 0 fully saturated rings. The van der Waals surface area contributed by atoms with Crippen molar-refractivity contribution in [2.24, 2.45) is 4.99 Å². The molecule has 122 valence electrons. The van der Waals surface area contributed by atoms with Crippen LogP contribution in [0.2, 0.25) is 5.02 Å². The van der Waals surface area contributed by atoms with Crippen LogP contribution in [0.3, 0.4) is 0 Å². The van der Waals surface area contributed by atoms with Gasteiger partial charge in [0, 0.05) is 30.7 Å². The van der Waals surface area contributed by atoms with E-state index in [0.717, 1.165) is 11.1 Å². The second-order valence-electron chi connectivity index (χ2n) is 4.95. The maximum absolute atomic E-state index is 13.4. The van der Waals surface area contributed by atoms with Gasteiger partial charge in [-0.3, -0.25) is 4.99 Å². The second-order valence-corrected chi connectivity index (χ2v) is 5.36. The number of rotatable bonds is 5. The number of nitrogens with zero attached hydrogens (tertiary/aromatic N) is 1. The highest BCUT2D eigenvalue weighted by Crippen LogP contribution is 2.14. The summed E-state index contributed by atoms with van der Waals surface area (Å²) in [7, 11) is 1.67. The molecule has 3 N–H and O–H groups in total. The molecule has 4 nitrogen and oxygen atoms in total. The minimum Gasteiger partial charge on any atom is -0.392 e. The fourth-order valence-electron chi connectivity index (χ4n) is 2.09. The molecule has 23 heavy (non-hydrogen) atoms. The summed E-state index contributed by atoms with van der Waals surface area (Å²) in [6.45, 7) is 0.694. The molecule has 6 heteroatoms. The SMILES string of the molecule is CN=C(NCc1ccc(F)c(CO)c1)NCc1ccccc1Cl. The first-order valence-corrected chi connectivity index (χ1v) is 7.58. The maximum Gasteiger partial charge on any atom is 0.191 e. The minimum atomic E-state index is -0.405. The highest BCUT2D eigenvalue weighted by Gasteiger charge is 2.04. The van der Waals surface area contributed by atoms with Crippen molar-refractivity contribution in [1.29, 1.82) is 0 Å². The zero-order chi connectivity index (χ0) is 16.7. The smallest absolute Gasteiger partial charge is 0.191 e. The topological polar surface area (TPSA) is 56.7 Å². The molecule has 0 aliphatic heterocycles. The van der Waals surface area contributed by atoms with E-state index in [9.17, 15) is 4.39 Å². The minimum absolute atomic E-state index is 0.281. The van der Waals surface area contributed by atoms with Crippen LogP contribution in [-0.2, 0) is 19.7 Å². The van der Waals surface area contributed by atoms with Crippen LogP contribution in [0, 0.1) is 5.82 Å². The highest BCUT2D eigenvalue weighted by molar-refractivity contribution is 6.31. The summed E-state index contributed by atoms with van der Waals surface area (Å²) in [6.07, 6.45) is 0. The molecule has 2 aromatic rings. The summed E-state index contributed by atoms with van der Waals surface area (Å²) in [6, 6.07) is 12.2. The van der Waals surface area contributed by atoms with Crippen molar-refractivity contribution in [3.8, 4) is 0 Å². The number of aliphatic imine (C=N–C) groups is 1. The van der Waals surface area contributed by atoms with Gasteiger partial charge in [0.1, 0.15) is 5.82 Å². The third kappa shape index (κ3) is 4.94. The molecule has 0 saturated heterocycles. The van der Waals surface area contributed by atoms with E-state index in [4.69, 9.17) is 16.7 Å². The van der Waals surface area contributed by atoms with Gasteiger partial charge in [-0.15, -0.1) is 0 Å². The number of halogens is 2. The highest BCUT2D eigenvalue weighted by atomic mass is 35.5. The quantitative estimate of drug-likeness (QED) is 0.582. The molecule has 0 radical (unpaired) electrons. The Hall–Kier alpha value is -2.11. The van der Waals surface area contributed by atoms with Gasteiger partial charge in [0.05, 0.1) is 6.61 Å². The van der Waals surface area contributed by atoms with Gasteiger partial charge in [0.15, 0.2) is 5.96 Å². The van der Waals surface area contributed by atoms with E-state index < -0.39 is 5.82 Å². The molecule has 0 spiro atoms. The summed E-state index contributed by atoms with van der Waals surface area (Å²) < 4.78 is 13.4. The maximum atomic E-state index is 13.4. The molecule has 0 aliphatic rings. The Labute approximate surface area is 140 Å². The Morgan fingerprint density at radius 1 is 1.13 bits per heavy atom. The molecule has 0 heterocycles. The van der Waals surface area contributed by atoms with Crippen LogP contribution in [0.15, 0.2) is 47.5 Å². The van der Waals surface area contributed by atoms with Crippen molar-refractivity contribution in [2.45, 2.75) is 19.7 Å². The van der Waals surface area contributed by atoms with Gasteiger partial charge in [-0.25, -0.2) is 4.39 Å². The van der Waals surface area contributed by atoms with Crippen molar-refractivity contribution in [2.75, 3.05) is 7.05 Å². The number of nitrogens with one attached hydrogen (secondary N) is 2. The number of guanidine groups is 1. The number of aliphatic hydroxyl groups excluding tert-OH is 1. The van der Waals surface area contributed by atoms with Crippen molar-refractivity contribution in [3.05, 3.63) is 70.0 Å². The fraction of sp³-hybridized carbons (Fsp3) is 0.235. The van der Waals surface area contributed by atoms with Crippen molar-refractivity contribution in [1.82, 2.24) is 10.6 Å².